The second-order valence-corrected chi connectivity index (χ2v) is 12.6. The van der Waals surface area contributed by atoms with E-state index in [1.54, 1.807) is 65.6 Å². The Labute approximate surface area is 256 Å². The molecule has 0 aromatic heterocycles. The van der Waals surface area contributed by atoms with Gasteiger partial charge in [0.1, 0.15) is 17.7 Å². The second-order valence-electron chi connectivity index (χ2n) is 10.5. The summed E-state index contributed by atoms with van der Waals surface area (Å²) in [6.45, 7) is 2.66. The Bertz CT molecular complexity index is 1680. The van der Waals surface area contributed by atoms with Crippen LogP contribution < -0.4 is 9.64 Å². The van der Waals surface area contributed by atoms with Crippen molar-refractivity contribution >= 4 is 33.6 Å². The number of halogens is 1. The second kappa shape index (κ2) is 13.8. The smallest absolute Gasteiger partial charge is 0.308 e. The molecule has 1 fully saturated rings. The van der Waals surface area contributed by atoms with E-state index in [9.17, 15) is 27.2 Å². The zero-order valence-electron chi connectivity index (χ0n) is 24.8. The molecule has 1 heterocycles. The van der Waals surface area contributed by atoms with Crippen molar-refractivity contribution in [3.63, 3.8) is 0 Å². The first kappa shape index (κ1) is 32.4. The Morgan fingerprint density at radius 2 is 1.61 bits per heavy atom. The number of sulfonamides is 1. The molecule has 1 saturated heterocycles. The zero-order valence-corrected chi connectivity index (χ0v) is 25.6. The third-order valence-corrected chi connectivity index (χ3v) is 8.49. The first-order valence-electron chi connectivity index (χ1n) is 13.9. The number of rotatable bonds is 10. The minimum absolute atomic E-state index is 0.0462. The minimum atomic E-state index is -3.34. The predicted molar refractivity (Wildman–Crippen MR) is 162 cm³/mol. The van der Waals surface area contributed by atoms with E-state index in [4.69, 9.17) is 9.47 Å². The van der Waals surface area contributed by atoms with Gasteiger partial charge in [0.2, 0.25) is 15.9 Å². The van der Waals surface area contributed by atoms with Crippen molar-refractivity contribution < 1.29 is 36.7 Å². The highest BCUT2D eigenvalue weighted by molar-refractivity contribution is 7.88. The maximum Gasteiger partial charge on any atom is 0.308 e. The van der Waals surface area contributed by atoms with Crippen molar-refractivity contribution in [1.29, 1.82) is 0 Å². The highest BCUT2D eigenvalue weighted by Gasteiger charge is 2.48. The average Bonchev–Trinajstić information content (AvgIpc) is 2.96. The molecule has 0 saturated carbocycles. The average molecular weight is 621 g/mol. The Kier molecular flexibility index (Phi) is 10.2. The predicted octanol–water partition coefficient (Wildman–Crippen LogP) is 4.78. The summed E-state index contributed by atoms with van der Waals surface area (Å²) in [5.41, 5.74) is 2.76. The van der Waals surface area contributed by atoms with Crippen molar-refractivity contribution in [3.05, 3.63) is 95.3 Å². The molecule has 44 heavy (non-hydrogen) atoms. The van der Waals surface area contributed by atoms with E-state index in [2.05, 4.69) is 11.8 Å². The van der Waals surface area contributed by atoms with Crippen LogP contribution in [-0.2, 0) is 29.1 Å². The molecule has 0 radical (unpaired) electrons. The van der Waals surface area contributed by atoms with Crippen LogP contribution >= 0.6 is 0 Å². The summed E-state index contributed by atoms with van der Waals surface area (Å²) in [5, 5.41) is 0. The number of esters is 2. The Hall–Kier alpha value is -4.53. The number of anilines is 1. The van der Waals surface area contributed by atoms with E-state index in [0.29, 0.717) is 35.4 Å². The summed E-state index contributed by atoms with van der Waals surface area (Å²) < 4.78 is 48.5. The highest BCUT2D eigenvalue weighted by Crippen LogP contribution is 2.46. The lowest BCUT2D eigenvalue weighted by molar-refractivity contribution is -0.147. The fourth-order valence-corrected chi connectivity index (χ4v) is 5.28. The molecule has 11 heteroatoms. The molecule has 0 aliphatic carbocycles. The van der Waals surface area contributed by atoms with E-state index >= 15 is 0 Å². The molecule has 1 aliphatic heterocycles. The van der Waals surface area contributed by atoms with Crippen LogP contribution in [0.15, 0.2) is 72.8 Å². The van der Waals surface area contributed by atoms with Gasteiger partial charge in [0.25, 0.3) is 0 Å². The molecule has 1 amide bonds. The van der Waals surface area contributed by atoms with Gasteiger partial charge in [0.15, 0.2) is 0 Å². The molecule has 0 N–H and O–H groups in total. The van der Waals surface area contributed by atoms with E-state index in [-0.39, 0.29) is 18.5 Å². The summed E-state index contributed by atoms with van der Waals surface area (Å²) in [4.78, 5) is 38.5. The summed E-state index contributed by atoms with van der Waals surface area (Å²) >= 11 is 0. The van der Waals surface area contributed by atoms with Crippen LogP contribution in [0.3, 0.4) is 0 Å². The van der Waals surface area contributed by atoms with Gasteiger partial charge >= 0.3 is 11.9 Å². The van der Waals surface area contributed by atoms with Gasteiger partial charge < -0.3 is 14.4 Å². The molecule has 0 bridgehead atoms. The molecule has 9 nitrogen and oxygen atoms in total. The summed E-state index contributed by atoms with van der Waals surface area (Å²) in [6, 6.07) is 19.4. The van der Waals surface area contributed by atoms with Gasteiger partial charge in [0.05, 0.1) is 24.8 Å². The van der Waals surface area contributed by atoms with E-state index < -0.39 is 39.8 Å². The van der Waals surface area contributed by atoms with Crippen LogP contribution in [0.4, 0.5) is 10.1 Å². The Balaban J connectivity index is 1.57. The molecule has 4 rings (SSSR count). The van der Waals surface area contributed by atoms with E-state index in [0.717, 1.165) is 16.1 Å². The number of hydrogen-bond acceptors (Lipinski definition) is 7. The van der Waals surface area contributed by atoms with Gasteiger partial charge in [-0.05, 0) is 72.5 Å². The van der Waals surface area contributed by atoms with Crippen LogP contribution in [0.1, 0.15) is 55.5 Å². The maximum atomic E-state index is 13.6. The maximum absolute atomic E-state index is 13.6. The number of amides is 1. The molecule has 3 atom stereocenters. The molecule has 1 unspecified atom stereocenters. The summed E-state index contributed by atoms with van der Waals surface area (Å²) in [7, 11) is -1.88. The number of nitrogens with zero attached hydrogens (tertiary/aromatic N) is 2. The lowest BCUT2D eigenvalue weighted by atomic mass is 9.78. The number of benzene rings is 3. The molecule has 3 aromatic rings. The normalized spacial score (nSPS) is 16.9. The Morgan fingerprint density at radius 3 is 2.18 bits per heavy atom. The van der Waals surface area contributed by atoms with Gasteiger partial charge in [-0.1, -0.05) is 36.1 Å². The molecular formula is C33H33FN2O7S. The fraction of sp³-hybridized carbons (Fsp3) is 0.303. The molecule has 230 valence electrons. The van der Waals surface area contributed by atoms with Gasteiger partial charge in [-0.2, -0.15) is 4.31 Å². The highest BCUT2D eigenvalue weighted by atomic mass is 32.2. The van der Waals surface area contributed by atoms with Crippen LogP contribution in [-0.4, -0.2) is 50.4 Å². The number of ether oxygens (including phenoxy) is 2. The number of β-lactam (4-membered cyclic amide) rings is 1. The molecule has 0 spiro atoms. The van der Waals surface area contributed by atoms with Gasteiger partial charge in [-0.15, -0.1) is 0 Å². The summed E-state index contributed by atoms with van der Waals surface area (Å²) in [6.07, 6.45) is 1.19. The first-order chi connectivity index (χ1) is 20.8. The first-order valence-corrected chi connectivity index (χ1v) is 15.7. The lowest BCUT2D eigenvalue weighted by Crippen LogP contribution is -2.55. The third kappa shape index (κ3) is 8.09. The summed E-state index contributed by atoms with van der Waals surface area (Å²) in [5.74, 6) is 4.25. The monoisotopic (exact) mass is 620 g/mol. The fourth-order valence-electron chi connectivity index (χ4n) is 4.98. The topological polar surface area (TPSA) is 110 Å². The van der Waals surface area contributed by atoms with Crippen molar-refractivity contribution in [2.75, 3.05) is 24.7 Å². The minimum Gasteiger partial charge on any atom is -0.458 e. The SMILES string of the molecule is CC(=O)Oc1ccc([C@@H]2C(CC[C@H](OC(C)=O)c3ccc(F)cc3)C(=O)N2c2ccc(C#CCN(C)S(C)(=O)=O)cc2)cc1. The molecular weight excluding hydrogens is 587 g/mol. The van der Waals surface area contributed by atoms with Gasteiger partial charge in [0, 0.05) is 32.1 Å². The zero-order chi connectivity index (χ0) is 32.0. The lowest BCUT2D eigenvalue weighted by Gasteiger charge is -2.48. The van der Waals surface area contributed by atoms with Gasteiger partial charge in [-0.3, -0.25) is 14.4 Å². The van der Waals surface area contributed by atoms with Crippen molar-refractivity contribution in [2.45, 2.75) is 38.8 Å². The van der Waals surface area contributed by atoms with Crippen molar-refractivity contribution in [1.82, 2.24) is 4.31 Å². The number of carbonyl (C=O) groups is 3. The van der Waals surface area contributed by atoms with E-state index in [1.807, 2.05) is 0 Å². The quantitative estimate of drug-likeness (QED) is 0.139. The van der Waals surface area contributed by atoms with Crippen LogP contribution in [0.2, 0.25) is 0 Å². The van der Waals surface area contributed by atoms with Crippen LogP contribution in [0, 0.1) is 23.6 Å². The number of carbonyl (C=O) groups excluding carboxylic acids is 3. The standard InChI is InChI=1S/C33H33FN2O7S/c1-22(37)42-29-17-11-26(12-18-29)32-30(19-20-31(43-23(2)38)25-9-13-27(34)14-10-25)33(39)36(32)28-15-7-24(8-16-28)6-5-21-35(3)44(4,40)41/h7-18,30-32H,19-21H2,1-4H3/t30?,31-,32+/m0/s1. The van der Waals surface area contributed by atoms with Crippen molar-refractivity contribution in [3.8, 4) is 17.6 Å². The van der Waals surface area contributed by atoms with Crippen LogP contribution in [0.25, 0.3) is 0 Å². The Morgan fingerprint density at radius 1 is 0.977 bits per heavy atom. The van der Waals surface area contributed by atoms with Gasteiger partial charge in [-0.25, -0.2) is 12.8 Å². The molecule has 3 aromatic carbocycles. The number of hydrogen-bond donors (Lipinski definition) is 0. The largest absolute Gasteiger partial charge is 0.458 e. The van der Waals surface area contributed by atoms with E-state index in [1.165, 1.54) is 33.0 Å². The van der Waals surface area contributed by atoms with Crippen LogP contribution in [0.5, 0.6) is 5.75 Å². The third-order valence-electron chi connectivity index (χ3n) is 7.23. The van der Waals surface area contributed by atoms with Crippen molar-refractivity contribution in [2.24, 2.45) is 5.92 Å². The molecule has 1 aliphatic rings.